The van der Waals surface area contributed by atoms with Gasteiger partial charge in [-0.3, -0.25) is 4.98 Å². The number of nitrogens with zero attached hydrogens (tertiary/aromatic N) is 3. The Hall–Kier alpha value is -1.97. The van der Waals surface area contributed by atoms with E-state index in [1.165, 1.54) is 0 Å². The van der Waals surface area contributed by atoms with Gasteiger partial charge in [-0.2, -0.15) is 0 Å². The number of aromatic nitrogens is 3. The standard InChI is InChI=1S/C16H22N4/c1-4-6-15-19-14(9-16(20-15)18-7-5-2)13-8-12(3)10-17-11-13/h8-11H,4-7H2,1-3H3,(H,18,19,20). The average molecular weight is 270 g/mol. The molecule has 0 saturated heterocycles. The molecule has 0 bridgehead atoms. The van der Waals surface area contributed by atoms with Crippen molar-refractivity contribution in [1.82, 2.24) is 15.0 Å². The van der Waals surface area contributed by atoms with Gasteiger partial charge in [-0.25, -0.2) is 9.97 Å². The van der Waals surface area contributed by atoms with Crippen LogP contribution in [0.1, 0.15) is 38.1 Å². The lowest BCUT2D eigenvalue weighted by Gasteiger charge is -2.09. The Balaban J connectivity index is 2.37. The molecule has 106 valence electrons. The first-order chi connectivity index (χ1) is 9.72. The first-order valence-electron chi connectivity index (χ1n) is 7.26. The summed E-state index contributed by atoms with van der Waals surface area (Å²) >= 11 is 0. The Morgan fingerprint density at radius 2 is 1.90 bits per heavy atom. The summed E-state index contributed by atoms with van der Waals surface area (Å²) in [6, 6.07) is 4.11. The van der Waals surface area contributed by atoms with E-state index in [-0.39, 0.29) is 0 Å². The van der Waals surface area contributed by atoms with Gasteiger partial charge >= 0.3 is 0 Å². The van der Waals surface area contributed by atoms with Crippen LogP contribution in [-0.4, -0.2) is 21.5 Å². The SMILES string of the molecule is CCCNc1cc(-c2cncc(C)c2)nc(CCC)n1. The summed E-state index contributed by atoms with van der Waals surface area (Å²) in [6.45, 7) is 7.25. The van der Waals surface area contributed by atoms with E-state index in [1.54, 1.807) is 0 Å². The van der Waals surface area contributed by atoms with Crippen LogP contribution in [0, 0.1) is 6.92 Å². The van der Waals surface area contributed by atoms with Gasteiger partial charge in [0.2, 0.25) is 0 Å². The van der Waals surface area contributed by atoms with Crippen molar-refractivity contribution in [2.45, 2.75) is 40.0 Å². The van der Waals surface area contributed by atoms with Gasteiger partial charge in [-0.15, -0.1) is 0 Å². The molecule has 0 spiro atoms. The quantitative estimate of drug-likeness (QED) is 0.871. The van der Waals surface area contributed by atoms with Crippen LogP contribution in [0.5, 0.6) is 0 Å². The highest BCUT2D eigenvalue weighted by molar-refractivity contribution is 5.62. The molecule has 2 heterocycles. The minimum atomic E-state index is 0.894. The Morgan fingerprint density at radius 3 is 2.60 bits per heavy atom. The fourth-order valence-corrected chi connectivity index (χ4v) is 2.02. The lowest BCUT2D eigenvalue weighted by atomic mass is 10.1. The summed E-state index contributed by atoms with van der Waals surface area (Å²) in [5, 5.41) is 3.35. The molecule has 20 heavy (non-hydrogen) atoms. The first-order valence-corrected chi connectivity index (χ1v) is 7.26. The van der Waals surface area contributed by atoms with Crippen molar-refractivity contribution < 1.29 is 0 Å². The number of hydrogen-bond donors (Lipinski definition) is 1. The largest absolute Gasteiger partial charge is 0.370 e. The summed E-state index contributed by atoms with van der Waals surface area (Å²) in [4.78, 5) is 13.5. The summed E-state index contributed by atoms with van der Waals surface area (Å²) in [7, 11) is 0. The highest BCUT2D eigenvalue weighted by Gasteiger charge is 2.07. The lowest BCUT2D eigenvalue weighted by molar-refractivity contribution is 0.834. The monoisotopic (exact) mass is 270 g/mol. The smallest absolute Gasteiger partial charge is 0.131 e. The molecule has 1 N–H and O–H groups in total. The number of pyridine rings is 1. The molecule has 2 aromatic heterocycles. The molecule has 0 unspecified atom stereocenters. The van der Waals surface area contributed by atoms with Crippen molar-refractivity contribution in [2.24, 2.45) is 0 Å². The predicted octanol–water partition coefficient (Wildman–Crippen LogP) is 3.62. The third kappa shape index (κ3) is 3.76. The van der Waals surface area contributed by atoms with Crippen molar-refractivity contribution >= 4 is 5.82 Å². The molecular formula is C16H22N4. The summed E-state index contributed by atoms with van der Waals surface area (Å²) < 4.78 is 0. The molecule has 0 aliphatic rings. The van der Waals surface area contributed by atoms with Crippen molar-refractivity contribution in [3.05, 3.63) is 35.9 Å². The molecule has 0 aliphatic heterocycles. The van der Waals surface area contributed by atoms with Gasteiger partial charge in [0.1, 0.15) is 11.6 Å². The number of rotatable bonds is 6. The summed E-state index contributed by atoms with van der Waals surface area (Å²) in [6.07, 6.45) is 6.73. The highest BCUT2D eigenvalue weighted by Crippen LogP contribution is 2.20. The topological polar surface area (TPSA) is 50.7 Å². The molecule has 0 aliphatic carbocycles. The van der Waals surface area contributed by atoms with E-state index in [0.717, 1.165) is 54.3 Å². The lowest BCUT2D eigenvalue weighted by Crippen LogP contribution is -2.06. The van der Waals surface area contributed by atoms with Crippen LogP contribution in [0.3, 0.4) is 0 Å². The zero-order chi connectivity index (χ0) is 14.4. The third-order valence-electron chi connectivity index (χ3n) is 2.97. The summed E-state index contributed by atoms with van der Waals surface area (Å²) in [5.41, 5.74) is 3.13. The molecular weight excluding hydrogens is 248 g/mol. The fourth-order valence-electron chi connectivity index (χ4n) is 2.02. The second kappa shape index (κ2) is 6.98. The van der Waals surface area contributed by atoms with Crippen LogP contribution >= 0.6 is 0 Å². The third-order valence-corrected chi connectivity index (χ3v) is 2.97. The molecule has 0 fully saturated rings. The number of nitrogens with one attached hydrogen (secondary N) is 1. The maximum Gasteiger partial charge on any atom is 0.131 e. The van der Waals surface area contributed by atoms with Gasteiger partial charge in [-0.1, -0.05) is 13.8 Å². The zero-order valence-corrected chi connectivity index (χ0v) is 12.5. The molecule has 0 aromatic carbocycles. The fraction of sp³-hybridized carbons (Fsp3) is 0.438. The first kappa shape index (κ1) is 14.4. The number of anilines is 1. The highest BCUT2D eigenvalue weighted by atomic mass is 15.0. The van der Waals surface area contributed by atoms with Crippen LogP contribution in [0.15, 0.2) is 24.5 Å². The zero-order valence-electron chi connectivity index (χ0n) is 12.5. The average Bonchev–Trinajstić information content (AvgIpc) is 2.45. The minimum Gasteiger partial charge on any atom is -0.370 e. The molecule has 4 heteroatoms. The van der Waals surface area contributed by atoms with Gasteiger partial charge < -0.3 is 5.32 Å². The number of aryl methyl sites for hydroxylation is 2. The second-order valence-electron chi connectivity index (χ2n) is 4.98. The van der Waals surface area contributed by atoms with Crippen LogP contribution in [0.25, 0.3) is 11.3 Å². The van der Waals surface area contributed by atoms with Gasteiger partial charge in [-0.05, 0) is 31.4 Å². The Labute approximate surface area is 120 Å². The van der Waals surface area contributed by atoms with Gasteiger partial charge in [0, 0.05) is 37.0 Å². The summed E-state index contributed by atoms with van der Waals surface area (Å²) in [5.74, 6) is 1.80. The molecule has 0 saturated carbocycles. The van der Waals surface area contributed by atoms with Crippen molar-refractivity contribution in [3.63, 3.8) is 0 Å². The van der Waals surface area contributed by atoms with E-state index < -0.39 is 0 Å². The van der Waals surface area contributed by atoms with Gasteiger partial charge in [0.05, 0.1) is 5.69 Å². The van der Waals surface area contributed by atoms with Crippen LogP contribution in [-0.2, 0) is 6.42 Å². The number of hydrogen-bond acceptors (Lipinski definition) is 4. The van der Waals surface area contributed by atoms with E-state index in [9.17, 15) is 0 Å². The van der Waals surface area contributed by atoms with Crippen LogP contribution < -0.4 is 5.32 Å². The van der Waals surface area contributed by atoms with Crippen LogP contribution in [0.4, 0.5) is 5.82 Å². The Bertz CT molecular complexity index is 566. The second-order valence-corrected chi connectivity index (χ2v) is 4.98. The molecule has 0 amide bonds. The Morgan fingerprint density at radius 1 is 1.05 bits per heavy atom. The molecule has 0 radical (unpaired) electrons. The molecule has 4 nitrogen and oxygen atoms in total. The van der Waals surface area contributed by atoms with Crippen molar-refractivity contribution in [1.29, 1.82) is 0 Å². The van der Waals surface area contributed by atoms with Crippen LogP contribution in [0.2, 0.25) is 0 Å². The molecule has 2 rings (SSSR count). The molecule has 0 atom stereocenters. The van der Waals surface area contributed by atoms with E-state index in [4.69, 9.17) is 0 Å². The Kier molecular flexibility index (Phi) is 5.04. The van der Waals surface area contributed by atoms with Gasteiger partial charge in [0.25, 0.3) is 0 Å². The minimum absolute atomic E-state index is 0.894. The maximum absolute atomic E-state index is 4.65. The van der Waals surface area contributed by atoms with Crippen molar-refractivity contribution in [3.8, 4) is 11.3 Å². The van der Waals surface area contributed by atoms with E-state index in [1.807, 2.05) is 25.4 Å². The van der Waals surface area contributed by atoms with Crippen molar-refractivity contribution in [2.75, 3.05) is 11.9 Å². The van der Waals surface area contributed by atoms with E-state index in [0.29, 0.717) is 0 Å². The van der Waals surface area contributed by atoms with E-state index in [2.05, 4.69) is 40.2 Å². The normalized spacial score (nSPS) is 10.6. The maximum atomic E-state index is 4.65. The predicted molar refractivity (Wildman–Crippen MR) is 82.8 cm³/mol. The van der Waals surface area contributed by atoms with Gasteiger partial charge in [0.15, 0.2) is 0 Å². The molecule has 2 aromatic rings. The van der Waals surface area contributed by atoms with E-state index >= 15 is 0 Å².